The normalized spacial score (nSPS) is 7.52. The SMILES string of the molecule is CCC[C@@H](C=C(C)C)[CH-]C(=O)OC.[C-]#[O+].[C-]#[O+].[C-]#[O+].[CH3-].[Fe+2]. The molecular weight excluding hydrogens is 316 g/mol. The van der Waals surface area contributed by atoms with Gasteiger partial charge in [0.2, 0.25) is 0 Å². The second-order valence-corrected chi connectivity index (χ2v) is 3.39. The van der Waals surface area contributed by atoms with Gasteiger partial charge in [-0.25, -0.2) is 0 Å². The summed E-state index contributed by atoms with van der Waals surface area (Å²) >= 11 is 0. The van der Waals surface area contributed by atoms with Crippen LogP contribution in [0.4, 0.5) is 0 Å². The van der Waals surface area contributed by atoms with E-state index in [0.717, 1.165) is 12.8 Å². The van der Waals surface area contributed by atoms with Gasteiger partial charge in [0.25, 0.3) is 0 Å². The quantitative estimate of drug-likeness (QED) is 0.254. The van der Waals surface area contributed by atoms with Gasteiger partial charge in [0.15, 0.2) is 5.97 Å². The maximum Gasteiger partial charge on any atom is 2.00 e. The van der Waals surface area contributed by atoms with Crippen molar-refractivity contribution in [1.29, 1.82) is 0 Å². The largest absolute Gasteiger partial charge is 2.00 e. The second kappa shape index (κ2) is 36.4. The number of hydrogen-bond acceptors (Lipinski definition) is 2. The van der Waals surface area contributed by atoms with Crippen molar-refractivity contribution in [2.24, 2.45) is 5.92 Å². The van der Waals surface area contributed by atoms with Crippen molar-refractivity contribution in [3.8, 4) is 0 Å². The summed E-state index contributed by atoms with van der Waals surface area (Å²) in [7, 11) is 1.41. The molecule has 0 bridgehead atoms. The maximum atomic E-state index is 11.0. The summed E-state index contributed by atoms with van der Waals surface area (Å²) in [5.74, 6) is -0.0154. The molecule has 0 aromatic rings. The van der Waals surface area contributed by atoms with Gasteiger partial charge in [-0.05, 0) is 13.8 Å². The van der Waals surface area contributed by atoms with Crippen LogP contribution in [0.2, 0.25) is 0 Å². The van der Waals surface area contributed by atoms with Crippen LogP contribution in [-0.2, 0) is 40.6 Å². The van der Waals surface area contributed by atoms with Gasteiger partial charge >= 0.3 is 51.0 Å². The van der Waals surface area contributed by atoms with Crippen molar-refractivity contribution in [1.82, 2.24) is 0 Å². The number of allylic oxidation sites excluding steroid dienone is 2. The zero-order valence-electron chi connectivity index (χ0n) is 13.0. The van der Waals surface area contributed by atoms with E-state index in [9.17, 15) is 4.79 Å². The van der Waals surface area contributed by atoms with Crippen LogP contribution in [0, 0.1) is 39.7 Å². The van der Waals surface area contributed by atoms with Gasteiger partial charge in [0, 0.05) is 0 Å². The number of rotatable bonds is 5. The van der Waals surface area contributed by atoms with E-state index < -0.39 is 0 Å². The van der Waals surface area contributed by atoms with Gasteiger partial charge in [-0.3, -0.25) is 11.2 Å². The number of carbonyl (C=O) groups excluding carboxylic acids is 1. The number of methoxy groups -OCH3 is 1. The predicted octanol–water partition coefficient (Wildman–Crippen LogP) is 3.08. The van der Waals surface area contributed by atoms with Crippen LogP contribution in [-0.4, -0.2) is 13.1 Å². The van der Waals surface area contributed by atoms with Gasteiger partial charge in [0.05, 0.1) is 7.11 Å². The molecule has 0 N–H and O–H groups in total. The zero-order valence-corrected chi connectivity index (χ0v) is 14.1. The van der Waals surface area contributed by atoms with E-state index in [4.69, 9.17) is 14.0 Å². The van der Waals surface area contributed by atoms with Gasteiger partial charge in [-0.15, -0.1) is 12.0 Å². The van der Waals surface area contributed by atoms with E-state index in [1.165, 1.54) is 12.7 Å². The smallest absolute Gasteiger partial charge is 0.358 e. The summed E-state index contributed by atoms with van der Waals surface area (Å²) in [6.45, 7) is 19.7. The number of hydrogen-bond donors (Lipinski definition) is 0. The van der Waals surface area contributed by atoms with E-state index in [-0.39, 0.29) is 36.4 Å². The standard InChI is InChI=1S/C11H19O2.3CO.CH3.Fe/c1-5-6-10(7-9(2)3)8-11(12)13-4;3*1-2;;/h7-8,10H,5-6H2,1-4H3;;;;1H3;/q-1;;;;-1;+2/t10-;;;;;/m0...../s1. The van der Waals surface area contributed by atoms with Crippen LogP contribution < -0.4 is 0 Å². The first-order chi connectivity index (χ1) is 9.10. The van der Waals surface area contributed by atoms with Gasteiger partial charge < -0.3 is 12.2 Å². The fraction of sp³-hybridized carbons (Fsp3) is 0.467. The minimum Gasteiger partial charge on any atom is -0.358 e. The van der Waals surface area contributed by atoms with E-state index in [1.54, 1.807) is 6.42 Å². The van der Waals surface area contributed by atoms with Crippen LogP contribution in [0.1, 0.15) is 33.6 Å². The summed E-state index contributed by atoms with van der Waals surface area (Å²) in [6.07, 6.45) is 5.80. The molecule has 0 aromatic carbocycles. The molecule has 21 heavy (non-hydrogen) atoms. The number of carbonyl (C=O) groups is 1. The van der Waals surface area contributed by atoms with Crippen LogP contribution in [0.15, 0.2) is 11.6 Å². The molecule has 6 heteroatoms. The molecule has 0 aliphatic carbocycles. The molecule has 0 spiro atoms. The monoisotopic (exact) mass is 338 g/mol. The van der Waals surface area contributed by atoms with E-state index in [2.05, 4.69) is 37.7 Å². The van der Waals surface area contributed by atoms with Crippen molar-refractivity contribution < 1.29 is 40.6 Å². The molecule has 0 aromatic heterocycles. The molecule has 0 aliphatic rings. The van der Waals surface area contributed by atoms with Gasteiger partial charge in [-0.2, -0.15) is 0 Å². The second-order valence-electron chi connectivity index (χ2n) is 3.39. The summed E-state index contributed by atoms with van der Waals surface area (Å²) in [5, 5.41) is 0. The Bertz CT molecular complexity index is 274. The third-order valence-corrected chi connectivity index (χ3v) is 1.72. The van der Waals surface area contributed by atoms with Gasteiger partial charge in [-0.1, -0.05) is 25.3 Å². The Balaban J connectivity index is -0.0000000622. The van der Waals surface area contributed by atoms with E-state index >= 15 is 0 Å². The van der Waals surface area contributed by atoms with Crippen molar-refractivity contribution in [3.05, 3.63) is 45.4 Å². The predicted molar refractivity (Wildman–Crippen MR) is 72.3 cm³/mol. The molecule has 0 aliphatic heterocycles. The molecular formula is C15H22FeO5. The van der Waals surface area contributed by atoms with Crippen LogP contribution in [0.5, 0.6) is 0 Å². The number of esters is 1. The van der Waals surface area contributed by atoms with Crippen molar-refractivity contribution in [2.45, 2.75) is 33.6 Å². The van der Waals surface area contributed by atoms with Crippen molar-refractivity contribution >= 4 is 5.97 Å². The molecule has 0 heterocycles. The van der Waals surface area contributed by atoms with E-state index in [1.807, 2.05) is 13.8 Å². The summed E-state index contributed by atoms with van der Waals surface area (Å²) in [6, 6.07) is 0. The van der Waals surface area contributed by atoms with Crippen molar-refractivity contribution in [2.75, 3.05) is 7.11 Å². The third-order valence-electron chi connectivity index (χ3n) is 1.72. The Morgan fingerprint density at radius 2 is 1.57 bits per heavy atom. The topological polar surface area (TPSA) is 86.0 Å². The summed E-state index contributed by atoms with van der Waals surface area (Å²) in [5.41, 5.74) is 1.23. The fourth-order valence-corrected chi connectivity index (χ4v) is 1.22. The van der Waals surface area contributed by atoms with E-state index in [0.29, 0.717) is 0 Å². The third kappa shape index (κ3) is 38.1. The molecule has 0 radical (unpaired) electrons. The number of ether oxygens (including phenoxy) is 1. The van der Waals surface area contributed by atoms with Crippen molar-refractivity contribution in [3.63, 3.8) is 0 Å². The Morgan fingerprint density at radius 3 is 1.81 bits per heavy atom. The Kier molecular flexibility index (Phi) is 63.6. The average molecular weight is 338 g/mol. The first-order valence-electron chi connectivity index (χ1n) is 5.29. The zero-order chi connectivity index (χ0) is 16.3. The first-order valence-corrected chi connectivity index (χ1v) is 5.29. The minimum atomic E-state index is -0.240. The van der Waals surface area contributed by atoms with Crippen LogP contribution >= 0.6 is 0 Å². The minimum absolute atomic E-state index is 0. The molecule has 0 amide bonds. The molecule has 0 rings (SSSR count). The van der Waals surface area contributed by atoms with Crippen LogP contribution in [0.3, 0.4) is 0 Å². The summed E-state index contributed by atoms with van der Waals surface area (Å²) < 4.78 is 27.1. The Labute approximate surface area is 139 Å². The Morgan fingerprint density at radius 1 is 1.19 bits per heavy atom. The molecule has 1 atom stereocenters. The molecule has 0 saturated carbocycles. The Hall–Kier alpha value is -1.18. The molecule has 0 fully saturated rings. The first kappa shape index (κ1) is 36.8. The van der Waals surface area contributed by atoms with Gasteiger partial charge in [0.1, 0.15) is 0 Å². The fourth-order valence-electron chi connectivity index (χ4n) is 1.22. The summed E-state index contributed by atoms with van der Waals surface area (Å²) in [4.78, 5) is 11.0. The molecule has 0 unspecified atom stereocenters. The average Bonchev–Trinajstić information content (AvgIpc) is 2.45. The van der Waals surface area contributed by atoms with Crippen LogP contribution in [0.25, 0.3) is 0 Å². The molecule has 0 saturated heterocycles. The maximum absolute atomic E-state index is 11.0. The molecule has 5 nitrogen and oxygen atoms in total. The molecule has 120 valence electrons.